The van der Waals surface area contributed by atoms with Gasteiger partial charge in [-0.15, -0.1) is 10.2 Å². The van der Waals surface area contributed by atoms with E-state index in [1.807, 2.05) is 59.2 Å². The molecule has 0 bridgehead atoms. The molecule has 1 amide bonds. The van der Waals surface area contributed by atoms with Crippen molar-refractivity contribution >= 4 is 23.9 Å². The lowest BCUT2D eigenvalue weighted by Gasteiger charge is -2.10. The molecule has 4 rings (SSSR count). The standard InChI is InChI=1S/C24H21N5O3S/c1-32-21-13-9-18(10-14-21)23-27-28-24(29(23)19-5-3-2-4-6-19)33-16-22(31)26-25-15-17-7-11-20(30)12-8-17/h2-15,30H,16H2,1H3,(H,26,31)/b25-15-. The van der Waals surface area contributed by atoms with E-state index in [1.54, 1.807) is 31.4 Å². The van der Waals surface area contributed by atoms with Crippen molar-refractivity contribution in [3.05, 3.63) is 84.4 Å². The molecule has 8 nitrogen and oxygen atoms in total. The second kappa shape index (κ2) is 10.5. The van der Waals surface area contributed by atoms with Crippen LogP contribution < -0.4 is 10.2 Å². The van der Waals surface area contributed by atoms with Gasteiger partial charge in [0.1, 0.15) is 11.5 Å². The largest absolute Gasteiger partial charge is 0.508 e. The van der Waals surface area contributed by atoms with Gasteiger partial charge in [0.05, 0.1) is 19.1 Å². The molecule has 0 spiro atoms. The lowest BCUT2D eigenvalue weighted by molar-refractivity contribution is -0.118. The van der Waals surface area contributed by atoms with Crippen molar-refractivity contribution in [3.63, 3.8) is 0 Å². The Morgan fingerprint density at radius 2 is 1.79 bits per heavy atom. The summed E-state index contributed by atoms with van der Waals surface area (Å²) in [7, 11) is 1.62. The number of aromatic hydroxyl groups is 1. The third-order valence-electron chi connectivity index (χ3n) is 4.62. The van der Waals surface area contributed by atoms with Crippen LogP contribution in [0, 0.1) is 0 Å². The molecule has 1 aromatic heterocycles. The second-order valence-corrected chi connectivity index (χ2v) is 7.82. The highest BCUT2D eigenvalue weighted by Gasteiger charge is 2.17. The van der Waals surface area contributed by atoms with Crippen molar-refractivity contribution in [1.82, 2.24) is 20.2 Å². The normalized spacial score (nSPS) is 10.9. The van der Waals surface area contributed by atoms with Gasteiger partial charge < -0.3 is 9.84 Å². The summed E-state index contributed by atoms with van der Waals surface area (Å²) in [5.74, 6) is 1.43. The average molecular weight is 460 g/mol. The monoisotopic (exact) mass is 459 g/mol. The van der Waals surface area contributed by atoms with E-state index in [-0.39, 0.29) is 17.4 Å². The van der Waals surface area contributed by atoms with Crippen molar-refractivity contribution in [2.24, 2.45) is 5.10 Å². The third kappa shape index (κ3) is 5.58. The fraction of sp³-hybridized carbons (Fsp3) is 0.0833. The lowest BCUT2D eigenvalue weighted by atomic mass is 10.2. The Labute approximate surface area is 194 Å². The predicted molar refractivity (Wildman–Crippen MR) is 128 cm³/mol. The van der Waals surface area contributed by atoms with E-state index < -0.39 is 0 Å². The number of nitrogens with zero attached hydrogens (tertiary/aromatic N) is 4. The van der Waals surface area contributed by atoms with Crippen molar-refractivity contribution in [1.29, 1.82) is 0 Å². The van der Waals surface area contributed by atoms with Gasteiger partial charge in [-0.05, 0) is 66.2 Å². The molecule has 1 heterocycles. The summed E-state index contributed by atoms with van der Waals surface area (Å²) in [4.78, 5) is 12.3. The number of hydrogen-bond donors (Lipinski definition) is 2. The van der Waals surface area contributed by atoms with Crippen LogP contribution in [0.15, 0.2) is 89.1 Å². The molecule has 0 saturated carbocycles. The molecule has 0 unspecified atom stereocenters. The fourth-order valence-electron chi connectivity index (χ4n) is 3.00. The number of ether oxygens (including phenoxy) is 1. The van der Waals surface area contributed by atoms with Crippen LogP contribution in [0.2, 0.25) is 0 Å². The van der Waals surface area contributed by atoms with E-state index in [4.69, 9.17) is 4.74 Å². The zero-order valence-electron chi connectivity index (χ0n) is 17.8. The van der Waals surface area contributed by atoms with Gasteiger partial charge >= 0.3 is 0 Å². The number of carbonyl (C=O) groups excluding carboxylic acids is 1. The van der Waals surface area contributed by atoms with Crippen LogP contribution in [0.5, 0.6) is 11.5 Å². The molecule has 0 saturated heterocycles. The minimum Gasteiger partial charge on any atom is -0.508 e. The minimum atomic E-state index is -0.274. The van der Waals surface area contributed by atoms with E-state index in [9.17, 15) is 9.90 Å². The van der Waals surface area contributed by atoms with Crippen LogP contribution in [0.25, 0.3) is 17.1 Å². The van der Waals surface area contributed by atoms with Crippen LogP contribution in [0.1, 0.15) is 5.56 Å². The molecule has 0 atom stereocenters. The number of methoxy groups -OCH3 is 1. The summed E-state index contributed by atoms with van der Waals surface area (Å²) in [6, 6.07) is 23.8. The molecule has 9 heteroatoms. The number of rotatable bonds is 8. The number of benzene rings is 3. The minimum absolute atomic E-state index is 0.112. The van der Waals surface area contributed by atoms with E-state index >= 15 is 0 Å². The molecular weight excluding hydrogens is 438 g/mol. The van der Waals surface area contributed by atoms with Crippen LogP contribution in [0.3, 0.4) is 0 Å². The Morgan fingerprint density at radius 3 is 2.48 bits per heavy atom. The Hall–Kier alpha value is -4.11. The summed E-state index contributed by atoms with van der Waals surface area (Å²) in [5, 5.41) is 22.6. The van der Waals surface area contributed by atoms with E-state index in [1.165, 1.54) is 18.0 Å². The first-order chi connectivity index (χ1) is 16.1. The highest BCUT2D eigenvalue weighted by Crippen LogP contribution is 2.28. The number of thioether (sulfide) groups is 1. The number of amides is 1. The van der Waals surface area contributed by atoms with E-state index in [2.05, 4.69) is 20.7 Å². The molecule has 0 aliphatic carbocycles. The Bertz CT molecular complexity index is 1240. The van der Waals surface area contributed by atoms with Gasteiger partial charge in [0, 0.05) is 11.3 Å². The van der Waals surface area contributed by atoms with Crippen LogP contribution in [0.4, 0.5) is 0 Å². The summed E-state index contributed by atoms with van der Waals surface area (Å²) < 4.78 is 7.16. The molecular formula is C24H21N5O3S. The first-order valence-corrected chi connectivity index (χ1v) is 11.0. The molecule has 3 aromatic carbocycles. The molecule has 2 N–H and O–H groups in total. The van der Waals surface area contributed by atoms with Gasteiger partial charge in [-0.2, -0.15) is 5.10 Å². The van der Waals surface area contributed by atoms with Crippen LogP contribution >= 0.6 is 11.8 Å². The summed E-state index contributed by atoms with van der Waals surface area (Å²) in [6.45, 7) is 0. The lowest BCUT2D eigenvalue weighted by Crippen LogP contribution is -2.20. The maximum Gasteiger partial charge on any atom is 0.250 e. The maximum atomic E-state index is 12.3. The zero-order chi connectivity index (χ0) is 23.0. The van der Waals surface area contributed by atoms with Crippen LogP contribution in [-0.2, 0) is 4.79 Å². The molecule has 0 aliphatic heterocycles. The Morgan fingerprint density at radius 1 is 1.06 bits per heavy atom. The number of hydrogen-bond acceptors (Lipinski definition) is 7. The molecule has 0 fully saturated rings. The third-order valence-corrected chi connectivity index (χ3v) is 5.55. The van der Waals surface area contributed by atoms with Gasteiger partial charge in [0.15, 0.2) is 11.0 Å². The summed E-state index contributed by atoms with van der Waals surface area (Å²) >= 11 is 1.27. The highest BCUT2D eigenvalue weighted by atomic mass is 32.2. The van der Waals surface area contributed by atoms with Gasteiger partial charge in [-0.25, -0.2) is 5.43 Å². The fourth-order valence-corrected chi connectivity index (χ4v) is 3.75. The summed E-state index contributed by atoms with van der Waals surface area (Å²) in [5.41, 5.74) is 5.03. The zero-order valence-corrected chi connectivity index (χ0v) is 18.6. The maximum absolute atomic E-state index is 12.3. The number of carbonyl (C=O) groups is 1. The van der Waals surface area contributed by atoms with E-state index in [0.29, 0.717) is 11.0 Å². The Balaban J connectivity index is 1.49. The highest BCUT2D eigenvalue weighted by molar-refractivity contribution is 7.99. The first-order valence-electron chi connectivity index (χ1n) is 10.0. The smallest absolute Gasteiger partial charge is 0.250 e. The number of hydrazone groups is 1. The van der Waals surface area contributed by atoms with Crippen LogP contribution in [-0.4, -0.2) is 44.9 Å². The number of aromatic nitrogens is 3. The van der Waals surface area contributed by atoms with Crippen molar-refractivity contribution < 1.29 is 14.6 Å². The topological polar surface area (TPSA) is 102 Å². The molecule has 0 aliphatic rings. The SMILES string of the molecule is COc1ccc(-c2nnc(SCC(=O)N/N=C\c3ccc(O)cc3)n2-c2ccccc2)cc1. The number of para-hydroxylation sites is 1. The molecule has 0 radical (unpaired) electrons. The van der Waals surface area contributed by atoms with Gasteiger partial charge in [-0.3, -0.25) is 9.36 Å². The second-order valence-electron chi connectivity index (χ2n) is 6.88. The number of phenols is 1. The number of phenolic OH excluding ortho intramolecular Hbond substituents is 1. The quantitative estimate of drug-likeness (QED) is 0.235. The molecule has 4 aromatic rings. The van der Waals surface area contributed by atoms with Gasteiger partial charge in [0.2, 0.25) is 0 Å². The predicted octanol–water partition coefficient (Wildman–Crippen LogP) is 3.89. The molecule has 33 heavy (non-hydrogen) atoms. The van der Waals surface area contributed by atoms with Crippen molar-refractivity contribution in [2.75, 3.05) is 12.9 Å². The summed E-state index contributed by atoms with van der Waals surface area (Å²) in [6.07, 6.45) is 1.51. The average Bonchev–Trinajstić information content (AvgIpc) is 3.28. The van der Waals surface area contributed by atoms with E-state index in [0.717, 1.165) is 22.6 Å². The Kier molecular flexibility index (Phi) is 7.01. The molecule has 166 valence electrons. The first kappa shape index (κ1) is 22.1. The number of nitrogens with one attached hydrogen (secondary N) is 1. The van der Waals surface area contributed by atoms with Gasteiger partial charge in [0.25, 0.3) is 5.91 Å². The van der Waals surface area contributed by atoms with Crippen molar-refractivity contribution in [2.45, 2.75) is 5.16 Å². The van der Waals surface area contributed by atoms with Crippen molar-refractivity contribution in [3.8, 4) is 28.6 Å². The van der Waals surface area contributed by atoms with Gasteiger partial charge in [-0.1, -0.05) is 30.0 Å².